The Balaban J connectivity index is 3.96. The Morgan fingerprint density at radius 3 is 1.10 bits per heavy atom. The maximum absolute atomic E-state index is 15.0. The first-order valence-electron chi connectivity index (χ1n) is 38.6. The minimum Gasteiger partial charge on any atom is -0.388 e. The molecular formula is C72H129N27O15S. The first kappa shape index (κ1) is 103. The van der Waals surface area contributed by atoms with E-state index in [4.69, 9.17) is 99.9 Å². The lowest BCUT2D eigenvalue weighted by Gasteiger charge is -2.31. The number of hydrogen-bond donors (Lipinski definition) is 23. The molecular weight excluding hydrogens is 1520 g/mol. The third-order valence-electron chi connectivity index (χ3n) is 18.6. The molecule has 115 heavy (non-hydrogen) atoms. The van der Waals surface area contributed by atoms with Gasteiger partial charge in [0.15, 0.2) is 52.8 Å². The van der Waals surface area contributed by atoms with Gasteiger partial charge in [-0.25, -0.2) is 0 Å². The number of ether oxygens (including phenoxy) is 2. The van der Waals surface area contributed by atoms with Gasteiger partial charge in [0.05, 0.1) is 73.4 Å². The summed E-state index contributed by atoms with van der Waals surface area (Å²) in [5.74, 6) is -16.9. The molecule has 0 aromatic heterocycles. The van der Waals surface area contributed by atoms with E-state index in [-0.39, 0.29) is 246 Å². The maximum atomic E-state index is 15.0. The fraction of sp³-hybridized carbons (Fsp3) is 0.708. The number of methoxy groups -OCH3 is 1. The Bertz CT molecular complexity index is 3400. The molecule has 0 unspecified atom stereocenters. The fourth-order valence-electron chi connectivity index (χ4n) is 12.5. The second kappa shape index (κ2) is 56.7. The van der Waals surface area contributed by atoms with Crippen molar-refractivity contribution >= 4 is 136 Å². The Hall–Kier alpha value is -10.5. The van der Waals surface area contributed by atoms with Crippen LogP contribution in [0.3, 0.4) is 0 Å². The molecule has 0 bridgehead atoms. The number of carbonyl (C=O) groups is 13. The fourth-order valence-corrected chi connectivity index (χ4v) is 12.8. The van der Waals surface area contributed by atoms with Crippen LogP contribution in [0.5, 0.6) is 0 Å². The van der Waals surface area contributed by atoms with Crippen LogP contribution in [0.2, 0.25) is 0 Å². The quantitative estimate of drug-likeness (QED) is 0.0120. The van der Waals surface area contributed by atoms with E-state index in [1.807, 2.05) is 13.8 Å². The molecule has 1 saturated heterocycles. The number of Topliss-reactive ketones (excluding diaryl/α,β-unsaturated/α-hetero) is 6. The van der Waals surface area contributed by atoms with E-state index in [2.05, 4.69) is 64.5 Å². The van der Waals surface area contributed by atoms with Crippen LogP contribution in [0.4, 0.5) is 0 Å². The Morgan fingerprint density at radius 1 is 0.426 bits per heavy atom. The molecule has 648 valence electrons. The summed E-state index contributed by atoms with van der Waals surface area (Å²) in [6, 6.07) is -9.18. The minimum absolute atomic E-state index is 0.0148. The van der Waals surface area contributed by atoms with Gasteiger partial charge in [0.2, 0.25) is 41.4 Å². The zero-order valence-corrected chi connectivity index (χ0v) is 67.8. The van der Waals surface area contributed by atoms with Crippen molar-refractivity contribution in [2.75, 3.05) is 65.4 Å². The summed E-state index contributed by atoms with van der Waals surface area (Å²) in [4.78, 5) is 202. The van der Waals surface area contributed by atoms with Gasteiger partial charge in [-0.1, -0.05) is 13.8 Å². The van der Waals surface area contributed by atoms with Crippen molar-refractivity contribution in [1.29, 1.82) is 21.6 Å². The van der Waals surface area contributed by atoms with Gasteiger partial charge in [0.1, 0.15) is 17.9 Å². The number of likely N-dealkylation sites (tertiary alicyclic amines) is 1. The first-order chi connectivity index (χ1) is 54.2. The summed E-state index contributed by atoms with van der Waals surface area (Å²) in [5.41, 5.74) is 68.1. The number of carbonyl (C=O) groups excluding carboxylic acids is 13. The van der Waals surface area contributed by atoms with Crippen molar-refractivity contribution in [1.82, 2.24) is 36.8 Å². The van der Waals surface area contributed by atoms with E-state index in [0.29, 0.717) is 6.42 Å². The van der Waals surface area contributed by atoms with Gasteiger partial charge in [0.25, 0.3) is 0 Å². The molecule has 0 aliphatic carbocycles. The molecule has 11 atom stereocenters. The standard InChI is InChI=1S/C72H129N27O15S/c1-40(2)34-50(53(101)20-15-41(3)100)98-67(111)52-14-9-30-99(52)68(112)49(19-24-61(79)80)97-66(110)44(12-7-28-91-71(85)86)37-56(104)48(18-23-60(77)78)95-64(108)42(10-5-26-89-69(81)82)35-54(102)46(16-21-58(73)74)94-63(107)43(11-6-27-90-70(83)84)36-55(103)47(17-22-59(75)76)96-65(109)45(13-8-29-92-72(87)88)38-57(105)51(39-115)93-62(106)25-31-114-33-32-113-4/h40,42-52,115H,5-39H2,1-4H3,(H3,73,74)(H3,75,76)(H3,77,78)(H3,79,80)(H,93,106)(H,94,107)(H,95,108)(H,96,109)(H,97,110)(H,98,111)(H4,81,82,89)(H4,83,84,90)(H4,85,86,91)(H4,87,88,92)/t42-,43-,44-,45-,46+,47+,48+,49+,50-,51+,52-/m0/s1. The molecule has 0 aromatic rings. The van der Waals surface area contributed by atoms with Crippen LogP contribution in [-0.4, -0.2) is 236 Å². The van der Waals surface area contributed by atoms with Gasteiger partial charge in [-0.3, -0.25) is 99.1 Å². The van der Waals surface area contributed by atoms with Crippen molar-refractivity contribution < 1.29 is 71.8 Å². The highest BCUT2D eigenvalue weighted by Gasteiger charge is 2.41. The molecule has 7 amide bonds. The molecule has 34 N–H and O–H groups in total. The Morgan fingerprint density at radius 2 is 0.774 bits per heavy atom. The van der Waals surface area contributed by atoms with Gasteiger partial charge in [0, 0.05) is 140 Å². The zero-order chi connectivity index (χ0) is 86.9. The van der Waals surface area contributed by atoms with E-state index in [9.17, 15) is 62.3 Å². The van der Waals surface area contributed by atoms with Crippen LogP contribution in [0, 0.1) is 51.2 Å². The summed E-state index contributed by atoms with van der Waals surface area (Å²) in [6.07, 6.45) is -4.11. The number of hydrogen-bond acceptors (Lipinski definition) is 24. The van der Waals surface area contributed by atoms with Crippen molar-refractivity contribution in [3.05, 3.63) is 0 Å². The molecule has 43 heteroatoms. The average Bonchev–Trinajstić information content (AvgIpc) is 1.73. The number of guanidine groups is 4. The van der Waals surface area contributed by atoms with Crippen LogP contribution in [0.1, 0.15) is 188 Å². The van der Waals surface area contributed by atoms with Crippen LogP contribution in [0.15, 0.2) is 20.0 Å². The summed E-state index contributed by atoms with van der Waals surface area (Å²) in [7, 11) is 1.49. The van der Waals surface area contributed by atoms with Crippen LogP contribution < -0.4 is 101 Å². The number of rotatable bonds is 65. The molecule has 0 spiro atoms. The summed E-state index contributed by atoms with van der Waals surface area (Å²) in [5, 5.41) is 48.5. The second-order valence-electron chi connectivity index (χ2n) is 29.0. The molecule has 1 heterocycles. The number of aliphatic imine (C=N–C) groups is 4. The predicted octanol–water partition coefficient (Wildman–Crippen LogP) is -3.77. The zero-order valence-electron chi connectivity index (χ0n) is 66.9. The van der Waals surface area contributed by atoms with Crippen molar-refractivity contribution in [2.45, 2.75) is 230 Å². The van der Waals surface area contributed by atoms with Gasteiger partial charge in [-0.05, 0) is 109 Å². The summed E-state index contributed by atoms with van der Waals surface area (Å²) in [6.45, 7) is 5.54. The smallest absolute Gasteiger partial charge is 0.245 e. The molecule has 0 aromatic carbocycles. The lowest BCUT2D eigenvalue weighted by molar-refractivity contribution is -0.143. The van der Waals surface area contributed by atoms with E-state index in [1.165, 1.54) is 18.9 Å². The lowest BCUT2D eigenvalue weighted by Crippen LogP contribution is -2.56. The molecule has 1 aliphatic heterocycles. The number of nitrogens with two attached hydrogens (primary N) is 12. The normalized spacial score (nSPS) is 15.0. The van der Waals surface area contributed by atoms with Crippen LogP contribution in [0.25, 0.3) is 0 Å². The van der Waals surface area contributed by atoms with Gasteiger partial charge in [-0.2, -0.15) is 12.6 Å². The predicted molar refractivity (Wildman–Crippen MR) is 439 cm³/mol. The van der Waals surface area contributed by atoms with Gasteiger partial charge >= 0.3 is 0 Å². The average molecular weight is 1650 g/mol. The number of amides is 7. The minimum atomic E-state index is -1.54. The molecule has 1 rings (SSSR count). The third kappa shape index (κ3) is 45.3. The van der Waals surface area contributed by atoms with Crippen molar-refractivity contribution in [2.24, 2.45) is 118 Å². The second-order valence-corrected chi connectivity index (χ2v) is 29.3. The SMILES string of the molecule is COCCOCCC(=O)N[C@H](CS)C(=O)C[C@H](CCCN=C(N)N)C(=O)N[C@H](CCC(=N)N)C(=O)C[C@H](CCCN=C(N)N)C(=O)N[C@H](CCC(=N)N)C(=O)C[C@H](CCCN=C(N)N)C(=O)N[C@H](CCC(=N)N)C(=O)C[C@H](CCCN=C(N)N)C(=O)N[C@H](CCC(=N)N)C(=O)N1CCC[C@H]1C(=O)N[C@@H](CC(C)C)C(=O)CCC(C)=O. The Kier molecular flexibility index (Phi) is 50.6. The number of nitrogens with zero attached hydrogens (tertiary/aromatic N) is 5. The van der Waals surface area contributed by atoms with E-state index < -0.39 is 168 Å². The summed E-state index contributed by atoms with van der Waals surface area (Å²) < 4.78 is 10.3. The summed E-state index contributed by atoms with van der Waals surface area (Å²) >= 11 is 4.28. The number of thiol groups is 1. The number of amidine groups is 4. The lowest BCUT2D eigenvalue weighted by atomic mass is 9.88. The molecule has 42 nitrogen and oxygen atoms in total. The highest BCUT2D eigenvalue weighted by molar-refractivity contribution is 7.80. The first-order valence-corrected chi connectivity index (χ1v) is 39.3. The van der Waals surface area contributed by atoms with Crippen molar-refractivity contribution in [3.63, 3.8) is 0 Å². The van der Waals surface area contributed by atoms with Crippen LogP contribution in [-0.2, 0) is 71.8 Å². The highest BCUT2D eigenvalue weighted by atomic mass is 32.1. The number of nitrogens with one attached hydrogen (secondary N) is 10. The van der Waals surface area contributed by atoms with Crippen LogP contribution >= 0.6 is 12.6 Å². The van der Waals surface area contributed by atoms with E-state index >= 15 is 0 Å². The molecule has 0 saturated carbocycles. The largest absolute Gasteiger partial charge is 0.388 e. The maximum Gasteiger partial charge on any atom is 0.245 e. The van der Waals surface area contributed by atoms with Crippen molar-refractivity contribution in [3.8, 4) is 0 Å². The third-order valence-corrected chi connectivity index (χ3v) is 19.0. The Labute approximate surface area is 677 Å². The number of ketones is 6. The monoisotopic (exact) mass is 1640 g/mol. The van der Waals surface area contributed by atoms with Gasteiger partial charge in [-0.15, -0.1) is 0 Å². The van der Waals surface area contributed by atoms with E-state index in [1.54, 1.807) is 0 Å². The highest BCUT2D eigenvalue weighted by Crippen LogP contribution is 2.26. The molecule has 1 aliphatic rings. The van der Waals surface area contributed by atoms with Gasteiger partial charge < -0.3 is 120 Å². The molecule has 1 fully saturated rings. The topological polar surface area (TPSA) is 773 Å². The molecule has 0 radical (unpaired) electrons. The van der Waals surface area contributed by atoms with E-state index in [0.717, 1.165) is 0 Å².